The Morgan fingerprint density at radius 3 is 2.96 bits per heavy atom. The number of rotatable bonds is 2. The first-order valence-electron chi connectivity index (χ1n) is 9.50. The Morgan fingerprint density at radius 2 is 2.12 bits per heavy atom. The van der Waals surface area contributed by atoms with E-state index in [1.807, 2.05) is 11.0 Å². The quantitative estimate of drug-likeness (QED) is 0.830. The molecule has 134 valence electrons. The number of hydrogen-bond donors (Lipinski definition) is 0. The Balaban J connectivity index is 1.31. The van der Waals surface area contributed by atoms with E-state index in [1.54, 1.807) is 12.5 Å². The number of anilines is 1. The molecule has 1 amide bonds. The molecular weight excluding hydrogens is 326 g/mol. The third-order valence-electron chi connectivity index (χ3n) is 6.14. The lowest BCUT2D eigenvalue weighted by molar-refractivity contribution is -0.135. The molecule has 1 atom stereocenters. The number of carbonyl (C=O) groups excluding carboxylic acids is 1. The van der Waals surface area contributed by atoms with Gasteiger partial charge in [-0.05, 0) is 55.4 Å². The van der Waals surface area contributed by atoms with Crippen LogP contribution in [-0.4, -0.2) is 38.8 Å². The van der Waals surface area contributed by atoms with Crippen LogP contribution in [0.2, 0.25) is 0 Å². The van der Waals surface area contributed by atoms with E-state index in [1.165, 1.54) is 28.8 Å². The second-order valence-electron chi connectivity index (χ2n) is 7.63. The number of hydrogen-bond acceptors (Lipinski definition) is 5. The molecule has 0 unspecified atom stereocenters. The van der Waals surface area contributed by atoms with Crippen molar-refractivity contribution in [1.82, 2.24) is 19.9 Å². The van der Waals surface area contributed by atoms with Crippen molar-refractivity contribution in [3.8, 4) is 0 Å². The highest BCUT2D eigenvalue weighted by molar-refractivity contribution is 5.81. The number of aromatic nitrogens is 3. The van der Waals surface area contributed by atoms with E-state index in [0.29, 0.717) is 6.54 Å². The van der Waals surface area contributed by atoms with Crippen molar-refractivity contribution < 1.29 is 4.79 Å². The second-order valence-corrected chi connectivity index (χ2v) is 7.63. The maximum absolute atomic E-state index is 13.1. The number of amides is 1. The first kappa shape index (κ1) is 15.7. The minimum Gasteiger partial charge on any atom is -0.356 e. The maximum atomic E-state index is 13.1. The molecule has 2 aromatic heterocycles. The molecule has 0 aromatic carbocycles. The van der Waals surface area contributed by atoms with E-state index < -0.39 is 0 Å². The summed E-state index contributed by atoms with van der Waals surface area (Å²) in [7, 11) is 0. The first-order chi connectivity index (χ1) is 12.7. The van der Waals surface area contributed by atoms with Gasteiger partial charge in [0.05, 0.1) is 18.2 Å². The number of pyridine rings is 1. The molecule has 3 aliphatic rings. The third-order valence-corrected chi connectivity index (χ3v) is 6.14. The molecule has 1 saturated heterocycles. The summed E-state index contributed by atoms with van der Waals surface area (Å²) in [5.74, 6) is 1.22. The van der Waals surface area contributed by atoms with E-state index in [2.05, 4.69) is 21.8 Å². The predicted octanol–water partition coefficient (Wildman–Crippen LogP) is 2.04. The molecule has 4 heterocycles. The Morgan fingerprint density at radius 1 is 1.19 bits per heavy atom. The van der Waals surface area contributed by atoms with Crippen molar-refractivity contribution in [3.05, 3.63) is 46.7 Å². The summed E-state index contributed by atoms with van der Waals surface area (Å²) in [6.07, 6.45) is 7.66. The molecule has 2 aromatic rings. The lowest BCUT2D eigenvalue weighted by Crippen LogP contribution is -2.34. The fourth-order valence-corrected chi connectivity index (χ4v) is 4.71. The van der Waals surface area contributed by atoms with E-state index in [-0.39, 0.29) is 11.8 Å². The molecule has 6 nitrogen and oxygen atoms in total. The van der Waals surface area contributed by atoms with Crippen molar-refractivity contribution in [2.45, 2.75) is 45.7 Å². The van der Waals surface area contributed by atoms with Gasteiger partial charge in [-0.1, -0.05) is 0 Å². The van der Waals surface area contributed by atoms with E-state index in [0.717, 1.165) is 50.4 Å². The highest BCUT2D eigenvalue weighted by atomic mass is 16.2. The SMILES string of the molecule is Cc1c2c(nc3c1CN(C(=O)[C@@H]1CCN(c4ccncn4)C1)C3)CCC2. The van der Waals surface area contributed by atoms with Crippen molar-refractivity contribution >= 4 is 11.7 Å². The molecule has 1 fully saturated rings. The molecule has 0 spiro atoms. The molecule has 0 bridgehead atoms. The second kappa shape index (κ2) is 6.04. The van der Waals surface area contributed by atoms with Crippen LogP contribution in [0, 0.1) is 12.8 Å². The molecule has 0 radical (unpaired) electrons. The van der Waals surface area contributed by atoms with Crippen molar-refractivity contribution in [1.29, 1.82) is 0 Å². The topological polar surface area (TPSA) is 62.2 Å². The Labute approximate surface area is 153 Å². The van der Waals surface area contributed by atoms with Crippen LogP contribution in [0.1, 0.15) is 40.9 Å². The standard InChI is InChI=1S/C20H23N5O/c1-13-15-3-2-4-17(15)23-18-11-25(10-16(13)18)20(26)14-6-8-24(9-14)19-5-7-21-12-22-19/h5,7,12,14H,2-4,6,8-11H2,1H3/t14-/m1/s1. The zero-order chi connectivity index (χ0) is 17.7. The van der Waals surface area contributed by atoms with E-state index >= 15 is 0 Å². The average Bonchev–Trinajstić information content (AvgIpc) is 3.41. The molecule has 6 heteroatoms. The third kappa shape index (κ3) is 2.47. The van der Waals surface area contributed by atoms with E-state index in [4.69, 9.17) is 4.98 Å². The highest BCUT2D eigenvalue weighted by Crippen LogP contribution is 2.34. The summed E-state index contributed by atoms with van der Waals surface area (Å²) in [6, 6.07) is 1.91. The largest absolute Gasteiger partial charge is 0.356 e. The van der Waals surface area contributed by atoms with Gasteiger partial charge in [0.15, 0.2) is 0 Å². The molecule has 0 N–H and O–H groups in total. The molecule has 26 heavy (non-hydrogen) atoms. The van der Waals surface area contributed by atoms with Crippen LogP contribution in [0.3, 0.4) is 0 Å². The number of aryl methyl sites for hydroxylation is 1. The summed E-state index contributed by atoms with van der Waals surface area (Å²) in [5.41, 5.74) is 6.51. The monoisotopic (exact) mass is 349 g/mol. The number of fused-ring (bicyclic) bond motifs is 2. The van der Waals surface area contributed by atoms with Gasteiger partial charge in [0, 0.05) is 31.5 Å². The van der Waals surface area contributed by atoms with Gasteiger partial charge in [0.2, 0.25) is 5.91 Å². The Bertz CT molecular complexity index is 866. The minimum absolute atomic E-state index is 0.0476. The van der Waals surface area contributed by atoms with Crippen LogP contribution in [-0.2, 0) is 30.7 Å². The number of nitrogens with zero attached hydrogens (tertiary/aromatic N) is 5. The predicted molar refractivity (Wildman–Crippen MR) is 97.6 cm³/mol. The molecule has 5 rings (SSSR count). The summed E-state index contributed by atoms with van der Waals surface area (Å²) in [6.45, 7) is 5.23. The van der Waals surface area contributed by atoms with E-state index in [9.17, 15) is 4.79 Å². The fourth-order valence-electron chi connectivity index (χ4n) is 4.71. The zero-order valence-corrected chi connectivity index (χ0v) is 15.1. The van der Waals surface area contributed by atoms with Crippen LogP contribution in [0.15, 0.2) is 18.6 Å². The van der Waals surface area contributed by atoms with Crippen LogP contribution in [0.25, 0.3) is 0 Å². The van der Waals surface area contributed by atoms with Gasteiger partial charge in [-0.25, -0.2) is 9.97 Å². The lowest BCUT2D eigenvalue weighted by atomic mass is 10.0. The van der Waals surface area contributed by atoms with Crippen LogP contribution < -0.4 is 4.90 Å². The van der Waals surface area contributed by atoms with Gasteiger partial charge in [-0.2, -0.15) is 0 Å². The summed E-state index contributed by atoms with van der Waals surface area (Å²) >= 11 is 0. The Hall–Kier alpha value is -2.50. The molecule has 0 saturated carbocycles. The minimum atomic E-state index is 0.0476. The molecule has 1 aliphatic carbocycles. The van der Waals surface area contributed by atoms with Crippen molar-refractivity contribution in [2.24, 2.45) is 5.92 Å². The molecule has 2 aliphatic heterocycles. The lowest BCUT2D eigenvalue weighted by Gasteiger charge is -2.21. The van der Waals surface area contributed by atoms with Gasteiger partial charge in [-0.15, -0.1) is 0 Å². The van der Waals surface area contributed by atoms with Gasteiger partial charge < -0.3 is 9.80 Å². The van der Waals surface area contributed by atoms with Gasteiger partial charge in [-0.3, -0.25) is 9.78 Å². The normalized spacial score (nSPS) is 21.2. The summed E-state index contributed by atoms with van der Waals surface area (Å²) in [4.78, 5) is 30.5. The zero-order valence-electron chi connectivity index (χ0n) is 15.1. The van der Waals surface area contributed by atoms with Crippen LogP contribution in [0.5, 0.6) is 0 Å². The maximum Gasteiger partial charge on any atom is 0.228 e. The summed E-state index contributed by atoms with van der Waals surface area (Å²) in [5, 5.41) is 0. The van der Waals surface area contributed by atoms with Crippen molar-refractivity contribution in [3.63, 3.8) is 0 Å². The highest BCUT2D eigenvalue weighted by Gasteiger charge is 2.36. The van der Waals surface area contributed by atoms with Gasteiger partial charge in [0.25, 0.3) is 0 Å². The summed E-state index contributed by atoms with van der Waals surface area (Å²) < 4.78 is 0. The molecular formula is C20H23N5O. The fraction of sp³-hybridized carbons (Fsp3) is 0.500. The Kier molecular flexibility index (Phi) is 3.65. The van der Waals surface area contributed by atoms with Crippen LogP contribution >= 0.6 is 0 Å². The average molecular weight is 349 g/mol. The number of carbonyl (C=O) groups is 1. The smallest absolute Gasteiger partial charge is 0.228 e. The first-order valence-corrected chi connectivity index (χ1v) is 9.50. The van der Waals surface area contributed by atoms with Gasteiger partial charge in [0.1, 0.15) is 12.1 Å². The van der Waals surface area contributed by atoms with Crippen LogP contribution in [0.4, 0.5) is 5.82 Å². The van der Waals surface area contributed by atoms with Gasteiger partial charge >= 0.3 is 0 Å². The van der Waals surface area contributed by atoms with Crippen molar-refractivity contribution in [2.75, 3.05) is 18.0 Å².